The number of fused-ring (bicyclic) bond motifs is 1. The monoisotopic (exact) mass is 277 g/mol. The SMILES string of the molecule is CC(C)c1nsc(NCc2ccc3c(c2)OCO3)n1. The minimum absolute atomic E-state index is 0.306. The van der Waals surface area contributed by atoms with E-state index >= 15 is 0 Å². The Hall–Kier alpha value is -1.82. The third-order valence-corrected chi connectivity index (χ3v) is 3.53. The van der Waals surface area contributed by atoms with Crippen LogP contribution in [0.1, 0.15) is 31.2 Å². The number of hydrogen-bond acceptors (Lipinski definition) is 6. The maximum atomic E-state index is 5.35. The molecule has 0 saturated heterocycles. The molecule has 0 bridgehead atoms. The van der Waals surface area contributed by atoms with Crippen molar-refractivity contribution >= 4 is 16.7 Å². The van der Waals surface area contributed by atoms with Gasteiger partial charge in [0.25, 0.3) is 0 Å². The third-order valence-electron chi connectivity index (χ3n) is 2.84. The minimum atomic E-state index is 0.306. The molecule has 1 aliphatic rings. The summed E-state index contributed by atoms with van der Waals surface area (Å²) in [5.41, 5.74) is 1.13. The molecule has 1 aliphatic heterocycles. The Morgan fingerprint density at radius 2 is 2.16 bits per heavy atom. The fourth-order valence-electron chi connectivity index (χ4n) is 1.77. The summed E-state index contributed by atoms with van der Waals surface area (Å²) in [4.78, 5) is 4.44. The fraction of sp³-hybridized carbons (Fsp3) is 0.385. The molecule has 0 amide bonds. The first kappa shape index (κ1) is 12.2. The molecule has 2 aromatic rings. The van der Waals surface area contributed by atoms with Crippen LogP contribution >= 0.6 is 11.5 Å². The molecule has 6 heteroatoms. The highest BCUT2D eigenvalue weighted by atomic mass is 32.1. The molecule has 0 aliphatic carbocycles. The van der Waals surface area contributed by atoms with Crippen molar-refractivity contribution in [3.63, 3.8) is 0 Å². The zero-order valence-electron chi connectivity index (χ0n) is 10.8. The van der Waals surface area contributed by atoms with Crippen molar-refractivity contribution in [3.05, 3.63) is 29.6 Å². The van der Waals surface area contributed by atoms with E-state index in [1.54, 1.807) is 0 Å². The zero-order chi connectivity index (χ0) is 13.2. The summed E-state index contributed by atoms with van der Waals surface area (Å²) in [6.45, 7) is 5.18. The topological polar surface area (TPSA) is 56.3 Å². The molecule has 1 aromatic carbocycles. The Morgan fingerprint density at radius 3 is 2.95 bits per heavy atom. The Labute approximate surface area is 115 Å². The summed E-state index contributed by atoms with van der Waals surface area (Å²) < 4.78 is 14.9. The summed E-state index contributed by atoms with van der Waals surface area (Å²) >= 11 is 1.39. The molecular weight excluding hydrogens is 262 g/mol. The van der Waals surface area contributed by atoms with Crippen molar-refractivity contribution in [1.82, 2.24) is 9.36 Å². The molecule has 0 spiro atoms. The van der Waals surface area contributed by atoms with E-state index < -0.39 is 0 Å². The van der Waals surface area contributed by atoms with Gasteiger partial charge in [-0.15, -0.1) is 0 Å². The molecule has 19 heavy (non-hydrogen) atoms. The van der Waals surface area contributed by atoms with E-state index in [2.05, 4.69) is 28.5 Å². The van der Waals surface area contributed by atoms with Gasteiger partial charge in [-0.2, -0.15) is 4.37 Å². The Balaban J connectivity index is 1.65. The van der Waals surface area contributed by atoms with Crippen LogP contribution in [0.15, 0.2) is 18.2 Å². The van der Waals surface area contributed by atoms with Crippen molar-refractivity contribution in [3.8, 4) is 11.5 Å². The summed E-state index contributed by atoms with van der Waals surface area (Å²) in [6, 6.07) is 5.93. The maximum Gasteiger partial charge on any atom is 0.231 e. The van der Waals surface area contributed by atoms with Crippen LogP contribution in [0.25, 0.3) is 0 Å². The molecule has 0 atom stereocenters. The zero-order valence-corrected chi connectivity index (χ0v) is 11.7. The number of aromatic nitrogens is 2. The first-order valence-electron chi connectivity index (χ1n) is 6.18. The number of hydrogen-bond donors (Lipinski definition) is 1. The Bertz CT molecular complexity index is 583. The molecule has 1 aromatic heterocycles. The molecular formula is C13H15N3O2S. The fourth-order valence-corrected chi connectivity index (χ4v) is 2.47. The van der Waals surface area contributed by atoms with E-state index in [9.17, 15) is 0 Å². The lowest BCUT2D eigenvalue weighted by atomic mass is 10.2. The molecule has 1 N–H and O–H groups in total. The molecule has 0 radical (unpaired) electrons. The summed E-state index contributed by atoms with van der Waals surface area (Å²) in [5, 5.41) is 4.12. The highest BCUT2D eigenvalue weighted by Gasteiger charge is 2.13. The highest BCUT2D eigenvalue weighted by Crippen LogP contribution is 2.32. The van der Waals surface area contributed by atoms with E-state index in [1.165, 1.54) is 11.5 Å². The van der Waals surface area contributed by atoms with Crippen molar-refractivity contribution in [2.75, 3.05) is 12.1 Å². The van der Waals surface area contributed by atoms with Crippen LogP contribution < -0.4 is 14.8 Å². The van der Waals surface area contributed by atoms with Gasteiger partial charge in [-0.1, -0.05) is 19.9 Å². The van der Waals surface area contributed by atoms with Gasteiger partial charge in [0, 0.05) is 24.0 Å². The number of nitrogens with zero attached hydrogens (tertiary/aromatic N) is 2. The van der Waals surface area contributed by atoms with Gasteiger partial charge in [-0.05, 0) is 17.7 Å². The summed E-state index contributed by atoms with van der Waals surface area (Å²) in [6.07, 6.45) is 0. The van der Waals surface area contributed by atoms with Gasteiger partial charge in [0.15, 0.2) is 11.5 Å². The van der Waals surface area contributed by atoms with Crippen LogP contribution in [0.2, 0.25) is 0 Å². The molecule has 2 heterocycles. The van der Waals surface area contributed by atoms with Crippen LogP contribution in [-0.4, -0.2) is 16.2 Å². The molecule has 0 unspecified atom stereocenters. The van der Waals surface area contributed by atoms with E-state index in [4.69, 9.17) is 9.47 Å². The standard InChI is InChI=1S/C13H15N3O2S/c1-8(2)12-15-13(19-16-12)14-6-9-3-4-10-11(5-9)18-7-17-10/h3-5,8H,6-7H2,1-2H3,(H,14,15,16). The number of nitrogens with one attached hydrogen (secondary N) is 1. The highest BCUT2D eigenvalue weighted by molar-refractivity contribution is 7.09. The first-order valence-corrected chi connectivity index (χ1v) is 6.96. The lowest BCUT2D eigenvalue weighted by Crippen LogP contribution is -1.99. The van der Waals surface area contributed by atoms with Gasteiger partial charge >= 0.3 is 0 Å². The van der Waals surface area contributed by atoms with E-state index in [1.807, 2.05) is 18.2 Å². The first-order chi connectivity index (χ1) is 9.22. The quantitative estimate of drug-likeness (QED) is 0.931. The smallest absolute Gasteiger partial charge is 0.231 e. The van der Waals surface area contributed by atoms with Gasteiger partial charge in [0.05, 0.1) is 0 Å². The van der Waals surface area contributed by atoms with Gasteiger partial charge in [0.1, 0.15) is 5.82 Å². The summed E-state index contributed by atoms with van der Waals surface area (Å²) in [7, 11) is 0. The summed E-state index contributed by atoms with van der Waals surface area (Å²) in [5.74, 6) is 2.86. The number of rotatable bonds is 4. The van der Waals surface area contributed by atoms with E-state index in [0.717, 1.165) is 28.0 Å². The van der Waals surface area contributed by atoms with E-state index in [0.29, 0.717) is 19.3 Å². The average Bonchev–Trinajstić information content (AvgIpc) is 3.04. The third kappa shape index (κ3) is 2.63. The van der Waals surface area contributed by atoms with Crippen molar-refractivity contribution < 1.29 is 9.47 Å². The largest absolute Gasteiger partial charge is 0.454 e. The average molecular weight is 277 g/mol. The van der Waals surface area contributed by atoms with Crippen molar-refractivity contribution in [1.29, 1.82) is 0 Å². The Kier molecular flexibility index (Phi) is 3.25. The maximum absolute atomic E-state index is 5.35. The van der Waals surface area contributed by atoms with E-state index in [-0.39, 0.29) is 0 Å². The number of anilines is 1. The second-order valence-electron chi connectivity index (χ2n) is 4.65. The normalized spacial score (nSPS) is 13.0. The predicted octanol–water partition coefficient (Wildman–Crippen LogP) is 3.00. The predicted molar refractivity (Wildman–Crippen MR) is 73.9 cm³/mol. The Morgan fingerprint density at radius 1 is 1.32 bits per heavy atom. The van der Waals surface area contributed by atoms with Crippen LogP contribution in [0.3, 0.4) is 0 Å². The van der Waals surface area contributed by atoms with Crippen LogP contribution in [0.5, 0.6) is 11.5 Å². The van der Waals surface area contributed by atoms with Gasteiger partial charge < -0.3 is 14.8 Å². The van der Waals surface area contributed by atoms with Gasteiger partial charge in [0.2, 0.25) is 11.9 Å². The minimum Gasteiger partial charge on any atom is -0.454 e. The molecule has 5 nitrogen and oxygen atoms in total. The second kappa shape index (κ2) is 5.05. The molecule has 100 valence electrons. The lowest BCUT2D eigenvalue weighted by Gasteiger charge is -2.03. The number of benzene rings is 1. The number of ether oxygens (including phenoxy) is 2. The van der Waals surface area contributed by atoms with Crippen LogP contribution in [-0.2, 0) is 6.54 Å². The molecule has 3 rings (SSSR count). The second-order valence-corrected chi connectivity index (χ2v) is 5.41. The molecule has 0 saturated carbocycles. The lowest BCUT2D eigenvalue weighted by molar-refractivity contribution is 0.174. The van der Waals surface area contributed by atoms with Gasteiger partial charge in [-0.25, -0.2) is 4.98 Å². The van der Waals surface area contributed by atoms with Crippen molar-refractivity contribution in [2.24, 2.45) is 0 Å². The van der Waals surface area contributed by atoms with Gasteiger partial charge in [-0.3, -0.25) is 0 Å². The van der Waals surface area contributed by atoms with Crippen molar-refractivity contribution in [2.45, 2.75) is 26.3 Å². The van der Waals surface area contributed by atoms with Crippen LogP contribution in [0.4, 0.5) is 5.13 Å². The molecule has 0 fully saturated rings. The van der Waals surface area contributed by atoms with Crippen LogP contribution in [0, 0.1) is 0 Å².